The van der Waals surface area contributed by atoms with Crippen LogP contribution in [0.4, 0.5) is 0 Å². The number of carbonyl (C=O) groups is 1. The third kappa shape index (κ3) is 3.41. The summed E-state index contributed by atoms with van der Waals surface area (Å²) in [6, 6.07) is 12.3. The van der Waals surface area contributed by atoms with Gasteiger partial charge in [-0.3, -0.25) is 10.2 Å². The Morgan fingerprint density at radius 3 is 2.83 bits per heavy atom. The zero-order valence-corrected chi connectivity index (χ0v) is 13.7. The summed E-state index contributed by atoms with van der Waals surface area (Å²) < 4.78 is 7.14. The summed E-state index contributed by atoms with van der Waals surface area (Å²) in [7, 11) is 0. The highest BCUT2D eigenvalue weighted by molar-refractivity contribution is 6.35. The van der Waals surface area contributed by atoms with E-state index in [2.05, 4.69) is 10.4 Å². The van der Waals surface area contributed by atoms with Crippen LogP contribution >= 0.6 is 23.2 Å². The number of rotatable bonds is 4. The molecule has 3 rings (SSSR count). The van der Waals surface area contributed by atoms with Crippen molar-refractivity contribution < 1.29 is 9.53 Å². The molecule has 0 fully saturated rings. The second-order valence-electron chi connectivity index (χ2n) is 4.91. The number of nitrogens with one attached hydrogen (secondary N) is 1. The number of ether oxygens (including phenoxy) is 1. The van der Waals surface area contributed by atoms with E-state index in [1.165, 1.54) is 0 Å². The first-order valence-electron chi connectivity index (χ1n) is 6.89. The Morgan fingerprint density at radius 2 is 2.04 bits per heavy atom. The van der Waals surface area contributed by atoms with Gasteiger partial charge in [-0.2, -0.15) is 0 Å². The van der Waals surface area contributed by atoms with Crippen molar-refractivity contribution in [1.82, 2.24) is 9.66 Å². The molecule has 0 unspecified atom stereocenters. The summed E-state index contributed by atoms with van der Waals surface area (Å²) >= 11 is 11.9. The topological polar surface area (TPSA) is 56.1 Å². The molecular formula is C16H13Cl2N3O2. The van der Waals surface area contributed by atoms with Crippen LogP contribution in [0.3, 0.4) is 0 Å². The van der Waals surface area contributed by atoms with Crippen LogP contribution in [0.2, 0.25) is 10.0 Å². The lowest BCUT2D eigenvalue weighted by Gasteiger charge is -2.16. The maximum atomic E-state index is 12.3. The molecule has 5 nitrogen and oxygen atoms in total. The molecule has 118 valence electrons. The summed E-state index contributed by atoms with van der Waals surface area (Å²) in [5.41, 5.74) is 4.33. The first kappa shape index (κ1) is 15.6. The van der Waals surface area contributed by atoms with E-state index in [9.17, 15) is 4.79 Å². The van der Waals surface area contributed by atoms with E-state index in [0.29, 0.717) is 15.8 Å². The van der Waals surface area contributed by atoms with Crippen molar-refractivity contribution in [3.8, 4) is 5.75 Å². The average Bonchev–Trinajstić information content (AvgIpc) is 2.93. The first-order valence-corrected chi connectivity index (χ1v) is 7.65. The summed E-state index contributed by atoms with van der Waals surface area (Å²) in [5.74, 6) is 0.0772. The van der Waals surface area contributed by atoms with E-state index in [-0.39, 0.29) is 5.91 Å². The van der Waals surface area contributed by atoms with Gasteiger partial charge in [0.1, 0.15) is 12.1 Å². The molecule has 0 bridgehead atoms. The minimum Gasteiger partial charge on any atom is -0.479 e. The van der Waals surface area contributed by atoms with Crippen LogP contribution < -0.4 is 10.2 Å². The van der Waals surface area contributed by atoms with Gasteiger partial charge in [-0.15, -0.1) is 0 Å². The first-order chi connectivity index (χ1) is 11.0. The second kappa shape index (κ2) is 6.48. The normalized spacial score (nSPS) is 12.1. The lowest BCUT2D eigenvalue weighted by molar-refractivity contribution is -0.122. The quantitative estimate of drug-likeness (QED) is 0.777. The van der Waals surface area contributed by atoms with Crippen LogP contribution in [0.5, 0.6) is 5.75 Å². The van der Waals surface area contributed by atoms with Crippen LogP contribution in [0.1, 0.15) is 6.92 Å². The van der Waals surface area contributed by atoms with Gasteiger partial charge in [0.15, 0.2) is 6.10 Å². The van der Waals surface area contributed by atoms with Gasteiger partial charge in [-0.1, -0.05) is 35.3 Å². The number of fused-ring (bicyclic) bond motifs is 1. The lowest BCUT2D eigenvalue weighted by Crippen LogP contribution is -2.34. The van der Waals surface area contributed by atoms with Crippen LogP contribution in [-0.4, -0.2) is 21.7 Å². The number of hydrogen-bond donors (Lipinski definition) is 1. The van der Waals surface area contributed by atoms with E-state index in [4.69, 9.17) is 27.9 Å². The Labute approximate surface area is 142 Å². The average molecular weight is 350 g/mol. The Balaban J connectivity index is 1.72. The Bertz CT molecular complexity index is 863. The van der Waals surface area contributed by atoms with E-state index in [1.807, 2.05) is 24.3 Å². The summed E-state index contributed by atoms with van der Waals surface area (Å²) in [5, 5.41) is 0.856. The minimum absolute atomic E-state index is 0.320. The van der Waals surface area contributed by atoms with Gasteiger partial charge in [0.2, 0.25) is 0 Å². The number of imidazole rings is 1. The van der Waals surface area contributed by atoms with E-state index < -0.39 is 6.10 Å². The number of nitrogens with zero attached hydrogens (tertiary/aromatic N) is 2. The van der Waals surface area contributed by atoms with Crippen molar-refractivity contribution in [2.24, 2.45) is 0 Å². The SMILES string of the molecule is C[C@@H](Oc1ccc(Cl)cc1Cl)C(=O)Nn1cnc2ccccc21. The molecule has 0 aliphatic carbocycles. The largest absolute Gasteiger partial charge is 0.479 e. The highest BCUT2D eigenvalue weighted by Crippen LogP contribution is 2.28. The molecule has 7 heteroatoms. The van der Waals surface area contributed by atoms with Crippen molar-refractivity contribution in [2.45, 2.75) is 13.0 Å². The van der Waals surface area contributed by atoms with E-state index >= 15 is 0 Å². The molecule has 0 aliphatic heterocycles. The standard InChI is InChI=1S/C16H13Cl2N3O2/c1-10(23-15-7-6-11(17)8-12(15)18)16(22)20-21-9-19-13-4-2-3-5-14(13)21/h2-10H,1H3,(H,20,22)/t10-/m1/s1. The van der Waals surface area contributed by atoms with Gasteiger partial charge in [-0.25, -0.2) is 9.66 Å². The van der Waals surface area contributed by atoms with Crippen LogP contribution in [-0.2, 0) is 4.79 Å². The van der Waals surface area contributed by atoms with E-state index in [1.54, 1.807) is 36.1 Å². The van der Waals surface area contributed by atoms with Gasteiger partial charge in [-0.05, 0) is 37.3 Å². The van der Waals surface area contributed by atoms with Gasteiger partial charge >= 0.3 is 0 Å². The van der Waals surface area contributed by atoms with Crippen molar-refractivity contribution in [3.63, 3.8) is 0 Å². The molecule has 0 radical (unpaired) electrons. The number of aromatic nitrogens is 2. The third-order valence-electron chi connectivity index (χ3n) is 3.25. The van der Waals surface area contributed by atoms with Gasteiger partial charge in [0, 0.05) is 5.02 Å². The second-order valence-corrected chi connectivity index (χ2v) is 5.76. The number of halogens is 2. The highest BCUT2D eigenvalue weighted by Gasteiger charge is 2.17. The Morgan fingerprint density at radius 1 is 1.26 bits per heavy atom. The molecule has 0 saturated carbocycles. The maximum absolute atomic E-state index is 12.3. The molecule has 0 aliphatic rings. The summed E-state index contributed by atoms with van der Waals surface area (Å²) in [6.45, 7) is 1.64. The maximum Gasteiger partial charge on any atom is 0.279 e. The molecule has 1 amide bonds. The van der Waals surface area contributed by atoms with Crippen LogP contribution in [0.15, 0.2) is 48.8 Å². The zero-order chi connectivity index (χ0) is 16.4. The fraction of sp³-hybridized carbons (Fsp3) is 0.125. The molecular weight excluding hydrogens is 337 g/mol. The fourth-order valence-electron chi connectivity index (χ4n) is 2.07. The molecule has 1 N–H and O–H groups in total. The van der Waals surface area contributed by atoms with Crippen molar-refractivity contribution in [3.05, 3.63) is 58.8 Å². The molecule has 1 atom stereocenters. The molecule has 0 spiro atoms. The van der Waals surface area contributed by atoms with Gasteiger partial charge in [0.05, 0.1) is 16.1 Å². The Kier molecular flexibility index (Phi) is 4.41. The minimum atomic E-state index is -0.741. The molecule has 23 heavy (non-hydrogen) atoms. The molecule has 1 aromatic heterocycles. The molecule has 0 saturated heterocycles. The van der Waals surface area contributed by atoms with Crippen molar-refractivity contribution in [1.29, 1.82) is 0 Å². The van der Waals surface area contributed by atoms with E-state index in [0.717, 1.165) is 11.0 Å². The highest BCUT2D eigenvalue weighted by atomic mass is 35.5. The van der Waals surface area contributed by atoms with Crippen molar-refractivity contribution in [2.75, 3.05) is 5.43 Å². The van der Waals surface area contributed by atoms with Crippen LogP contribution in [0, 0.1) is 0 Å². The number of carbonyl (C=O) groups excluding carboxylic acids is 1. The van der Waals surface area contributed by atoms with Gasteiger partial charge < -0.3 is 4.74 Å². The monoisotopic (exact) mass is 349 g/mol. The number of amides is 1. The summed E-state index contributed by atoms with van der Waals surface area (Å²) in [6.07, 6.45) is 0.805. The third-order valence-corrected chi connectivity index (χ3v) is 3.78. The summed E-state index contributed by atoms with van der Waals surface area (Å²) in [4.78, 5) is 16.5. The van der Waals surface area contributed by atoms with Crippen LogP contribution in [0.25, 0.3) is 11.0 Å². The predicted octanol–water partition coefficient (Wildman–Crippen LogP) is 3.88. The van der Waals surface area contributed by atoms with Gasteiger partial charge in [0.25, 0.3) is 5.91 Å². The van der Waals surface area contributed by atoms with Crippen molar-refractivity contribution >= 4 is 40.1 Å². The number of para-hydroxylation sites is 2. The molecule has 2 aromatic carbocycles. The Hall–Kier alpha value is -2.24. The molecule has 3 aromatic rings. The number of hydrogen-bond acceptors (Lipinski definition) is 3. The predicted molar refractivity (Wildman–Crippen MR) is 90.7 cm³/mol. The lowest BCUT2D eigenvalue weighted by atomic mass is 10.3. The zero-order valence-electron chi connectivity index (χ0n) is 12.2. The fourth-order valence-corrected chi connectivity index (χ4v) is 2.53. The number of benzene rings is 2. The smallest absolute Gasteiger partial charge is 0.279 e. The molecule has 1 heterocycles.